The van der Waals surface area contributed by atoms with Crippen LogP contribution in [0.5, 0.6) is 0 Å². The minimum absolute atomic E-state index is 0.358. The Labute approximate surface area is 132 Å². The number of aromatic nitrogens is 1. The van der Waals surface area contributed by atoms with Crippen LogP contribution in [0.3, 0.4) is 0 Å². The maximum absolute atomic E-state index is 11.5. The predicted molar refractivity (Wildman–Crippen MR) is 89.3 cm³/mol. The number of hydrogen-bond acceptors (Lipinski definition) is 5. The Morgan fingerprint density at radius 1 is 1.14 bits per heavy atom. The molecule has 21 heavy (non-hydrogen) atoms. The van der Waals surface area contributed by atoms with Crippen molar-refractivity contribution in [1.82, 2.24) is 4.98 Å². The van der Waals surface area contributed by atoms with Gasteiger partial charge in [0.05, 0.1) is 7.11 Å². The Balaban J connectivity index is 2.12. The predicted octanol–water partition coefficient (Wildman–Crippen LogP) is 4.79. The molecule has 4 nitrogen and oxygen atoms in total. The third kappa shape index (κ3) is 6.93. The molecular weight excluding hydrogens is 284 g/mol. The number of anilines is 1. The summed E-state index contributed by atoms with van der Waals surface area (Å²) in [6, 6.07) is 0. The van der Waals surface area contributed by atoms with Gasteiger partial charge < -0.3 is 10.1 Å². The van der Waals surface area contributed by atoms with E-state index in [1.165, 1.54) is 63.4 Å². The summed E-state index contributed by atoms with van der Waals surface area (Å²) in [7, 11) is 1.38. The molecule has 1 N–H and O–H groups in total. The van der Waals surface area contributed by atoms with Crippen molar-refractivity contribution < 1.29 is 9.53 Å². The number of nitrogens with one attached hydrogen (secondary N) is 1. The number of methoxy groups -OCH3 is 1. The zero-order chi connectivity index (χ0) is 15.5. The first-order chi connectivity index (χ1) is 10.2. The van der Waals surface area contributed by atoms with Gasteiger partial charge in [-0.3, -0.25) is 0 Å². The molecule has 0 spiro atoms. The van der Waals surface area contributed by atoms with Gasteiger partial charge in [0, 0.05) is 11.4 Å². The summed E-state index contributed by atoms with van der Waals surface area (Å²) in [5, 5.41) is 4.11. The molecule has 0 saturated carbocycles. The quantitative estimate of drug-likeness (QED) is 0.471. The highest BCUT2D eigenvalue weighted by atomic mass is 32.1. The average molecular weight is 312 g/mol. The van der Waals surface area contributed by atoms with Crippen molar-refractivity contribution in [2.24, 2.45) is 0 Å². The lowest BCUT2D eigenvalue weighted by molar-refractivity contribution is 0.0594. The molecule has 1 heterocycles. The second kappa shape index (κ2) is 10.6. The van der Waals surface area contributed by atoms with Crippen LogP contribution in [0.15, 0.2) is 0 Å². The van der Waals surface area contributed by atoms with Gasteiger partial charge in [0.2, 0.25) is 0 Å². The molecule has 0 amide bonds. The molecular formula is C16H28N2O2S. The number of nitrogens with zero attached hydrogens (tertiary/aromatic N) is 1. The molecule has 0 saturated heterocycles. The normalized spacial score (nSPS) is 10.6. The van der Waals surface area contributed by atoms with E-state index in [4.69, 9.17) is 4.74 Å². The number of unbranched alkanes of at least 4 members (excludes halogenated alkanes) is 7. The fourth-order valence-electron chi connectivity index (χ4n) is 2.21. The number of carbonyl (C=O) groups excluding carboxylic acids is 1. The fourth-order valence-corrected chi connectivity index (χ4v) is 3.04. The van der Waals surface area contributed by atoms with Gasteiger partial charge in [-0.15, -0.1) is 11.3 Å². The van der Waals surface area contributed by atoms with Gasteiger partial charge in [-0.25, -0.2) is 9.78 Å². The van der Waals surface area contributed by atoms with Crippen molar-refractivity contribution in [3.63, 3.8) is 0 Å². The van der Waals surface area contributed by atoms with Gasteiger partial charge in [-0.2, -0.15) is 0 Å². The van der Waals surface area contributed by atoms with Crippen molar-refractivity contribution in [2.45, 2.75) is 65.2 Å². The minimum Gasteiger partial charge on any atom is -0.464 e. The summed E-state index contributed by atoms with van der Waals surface area (Å²) < 4.78 is 4.71. The average Bonchev–Trinajstić information content (AvgIpc) is 2.85. The monoisotopic (exact) mass is 312 g/mol. The topological polar surface area (TPSA) is 51.2 Å². The lowest BCUT2D eigenvalue weighted by Crippen LogP contribution is -2.05. The first kappa shape index (κ1) is 18.0. The molecule has 5 heteroatoms. The Morgan fingerprint density at radius 3 is 2.38 bits per heavy atom. The van der Waals surface area contributed by atoms with Crippen LogP contribution in [0.4, 0.5) is 5.13 Å². The molecule has 0 radical (unpaired) electrons. The molecule has 1 aromatic rings. The highest BCUT2D eigenvalue weighted by molar-refractivity contribution is 7.15. The van der Waals surface area contributed by atoms with Crippen LogP contribution < -0.4 is 5.32 Å². The van der Waals surface area contributed by atoms with Crippen molar-refractivity contribution in [3.8, 4) is 0 Å². The molecule has 0 bridgehead atoms. The SMILES string of the molecule is CCCCCCCCCCNc1nc(C(=O)OC)c(C)s1. The number of ether oxygens (including phenoxy) is 1. The third-order valence-corrected chi connectivity index (χ3v) is 4.41. The summed E-state index contributed by atoms with van der Waals surface area (Å²) in [5.41, 5.74) is 0.431. The zero-order valence-electron chi connectivity index (χ0n) is 13.5. The van der Waals surface area contributed by atoms with E-state index in [1.807, 2.05) is 6.92 Å². The van der Waals surface area contributed by atoms with Gasteiger partial charge >= 0.3 is 5.97 Å². The van der Waals surface area contributed by atoms with Crippen LogP contribution in [-0.4, -0.2) is 24.6 Å². The minimum atomic E-state index is -0.358. The molecule has 0 atom stereocenters. The largest absolute Gasteiger partial charge is 0.464 e. The molecule has 0 unspecified atom stereocenters. The van der Waals surface area contributed by atoms with Crippen molar-refractivity contribution in [1.29, 1.82) is 0 Å². The first-order valence-corrected chi connectivity index (χ1v) is 8.80. The molecule has 0 aliphatic rings. The molecule has 1 aromatic heterocycles. The van der Waals surface area contributed by atoms with Gasteiger partial charge in [0.25, 0.3) is 0 Å². The molecule has 0 aliphatic carbocycles. The second-order valence-electron chi connectivity index (χ2n) is 5.32. The first-order valence-electron chi connectivity index (χ1n) is 7.98. The van der Waals surface area contributed by atoms with Gasteiger partial charge in [0.15, 0.2) is 10.8 Å². The van der Waals surface area contributed by atoms with E-state index >= 15 is 0 Å². The van der Waals surface area contributed by atoms with E-state index in [-0.39, 0.29) is 5.97 Å². The molecule has 1 rings (SSSR count). The molecule has 120 valence electrons. The highest BCUT2D eigenvalue weighted by Gasteiger charge is 2.15. The number of rotatable bonds is 11. The van der Waals surface area contributed by atoms with Crippen molar-refractivity contribution in [3.05, 3.63) is 10.6 Å². The zero-order valence-corrected chi connectivity index (χ0v) is 14.4. The molecule has 0 aromatic carbocycles. The van der Waals surface area contributed by atoms with Crippen molar-refractivity contribution >= 4 is 22.4 Å². The smallest absolute Gasteiger partial charge is 0.357 e. The van der Waals surface area contributed by atoms with Gasteiger partial charge in [-0.1, -0.05) is 51.9 Å². The number of aryl methyl sites for hydroxylation is 1. The van der Waals surface area contributed by atoms with E-state index in [2.05, 4.69) is 17.2 Å². The Kier molecular flexibility index (Phi) is 9.06. The van der Waals surface area contributed by atoms with E-state index in [0.717, 1.165) is 23.0 Å². The van der Waals surface area contributed by atoms with Crippen LogP contribution in [0.1, 0.15) is 73.7 Å². The lowest BCUT2D eigenvalue weighted by Gasteiger charge is -2.03. The van der Waals surface area contributed by atoms with Crippen LogP contribution >= 0.6 is 11.3 Å². The van der Waals surface area contributed by atoms with E-state index in [1.54, 1.807) is 0 Å². The number of thiazole rings is 1. The Hall–Kier alpha value is -1.10. The summed E-state index contributed by atoms with van der Waals surface area (Å²) in [5.74, 6) is -0.358. The lowest BCUT2D eigenvalue weighted by atomic mass is 10.1. The highest BCUT2D eigenvalue weighted by Crippen LogP contribution is 2.22. The molecule has 0 aliphatic heterocycles. The number of esters is 1. The van der Waals surface area contributed by atoms with E-state index < -0.39 is 0 Å². The van der Waals surface area contributed by atoms with E-state index in [9.17, 15) is 4.79 Å². The maximum Gasteiger partial charge on any atom is 0.357 e. The fraction of sp³-hybridized carbons (Fsp3) is 0.750. The number of carbonyl (C=O) groups is 1. The van der Waals surface area contributed by atoms with Crippen LogP contribution in [0, 0.1) is 6.92 Å². The third-order valence-electron chi connectivity index (χ3n) is 3.48. The Morgan fingerprint density at radius 2 is 1.76 bits per heavy atom. The van der Waals surface area contributed by atoms with Crippen LogP contribution in [0.25, 0.3) is 0 Å². The van der Waals surface area contributed by atoms with Crippen molar-refractivity contribution in [2.75, 3.05) is 19.0 Å². The maximum atomic E-state index is 11.5. The summed E-state index contributed by atoms with van der Waals surface area (Å²) >= 11 is 1.51. The summed E-state index contributed by atoms with van der Waals surface area (Å²) in [6.45, 7) is 5.06. The summed E-state index contributed by atoms with van der Waals surface area (Å²) in [4.78, 5) is 16.6. The van der Waals surface area contributed by atoms with E-state index in [0.29, 0.717) is 5.69 Å². The standard InChI is InChI=1S/C16H28N2O2S/c1-4-5-6-7-8-9-10-11-12-17-16-18-14(13(2)21-16)15(19)20-3/h4-12H2,1-3H3,(H,17,18). The molecule has 0 fully saturated rings. The van der Waals surface area contributed by atoms with Gasteiger partial charge in [0.1, 0.15) is 0 Å². The van der Waals surface area contributed by atoms with Crippen LogP contribution in [0.2, 0.25) is 0 Å². The summed E-state index contributed by atoms with van der Waals surface area (Å²) in [6.07, 6.45) is 10.5. The second-order valence-corrected chi connectivity index (χ2v) is 6.52. The Bertz CT molecular complexity index is 418. The van der Waals surface area contributed by atoms with Crippen LogP contribution in [-0.2, 0) is 4.74 Å². The van der Waals surface area contributed by atoms with Gasteiger partial charge in [-0.05, 0) is 13.3 Å². The number of hydrogen-bond donors (Lipinski definition) is 1.